The van der Waals surface area contributed by atoms with Crippen LogP contribution in [-0.2, 0) is 4.74 Å². The molecular formula is C18H24BrN3O4S. The standard InChI is InChI=1S/C18H24BrN3O4S/c1-18(2,3)26-17(24)22-9-7-21(8-10-22)16(27)20-15(23)12-5-6-14(25-4)13(19)11-12/h5-6,11H,7-10H2,1-4H3,(H,20,23,27). The van der Waals surface area contributed by atoms with Crippen LogP contribution in [0.2, 0.25) is 0 Å². The first-order valence-corrected chi connectivity index (χ1v) is 9.72. The number of benzene rings is 1. The van der Waals surface area contributed by atoms with Gasteiger partial charge in [-0.2, -0.15) is 0 Å². The van der Waals surface area contributed by atoms with Gasteiger partial charge in [0.25, 0.3) is 5.91 Å². The van der Waals surface area contributed by atoms with E-state index in [1.807, 2.05) is 25.7 Å². The highest BCUT2D eigenvalue weighted by atomic mass is 79.9. The lowest BCUT2D eigenvalue weighted by atomic mass is 10.2. The number of rotatable bonds is 2. The summed E-state index contributed by atoms with van der Waals surface area (Å²) in [5, 5.41) is 3.08. The summed E-state index contributed by atoms with van der Waals surface area (Å²) in [6.07, 6.45) is -0.333. The third-order valence-electron chi connectivity index (χ3n) is 3.85. The number of ether oxygens (including phenoxy) is 2. The van der Waals surface area contributed by atoms with Gasteiger partial charge in [-0.05, 0) is 67.1 Å². The van der Waals surface area contributed by atoms with Gasteiger partial charge in [-0.3, -0.25) is 10.1 Å². The van der Waals surface area contributed by atoms with Crippen molar-refractivity contribution in [2.75, 3.05) is 33.3 Å². The molecule has 0 aliphatic carbocycles. The molecule has 1 heterocycles. The number of hydrogen-bond donors (Lipinski definition) is 1. The van der Waals surface area contributed by atoms with Crippen LogP contribution in [0.1, 0.15) is 31.1 Å². The summed E-state index contributed by atoms with van der Waals surface area (Å²) in [5.74, 6) is 0.352. The monoisotopic (exact) mass is 457 g/mol. The van der Waals surface area contributed by atoms with Crippen LogP contribution in [0.3, 0.4) is 0 Å². The number of carbonyl (C=O) groups excluding carboxylic acids is 2. The van der Waals surface area contributed by atoms with Crippen molar-refractivity contribution in [1.29, 1.82) is 0 Å². The third kappa shape index (κ3) is 6.07. The second-order valence-corrected chi connectivity index (χ2v) is 8.30. The molecule has 1 N–H and O–H groups in total. The van der Waals surface area contributed by atoms with Crippen molar-refractivity contribution in [3.05, 3.63) is 28.2 Å². The third-order valence-corrected chi connectivity index (χ3v) is 4.83. The molecule has 9 heteroatoms. The summed E-state index contributed by atoms with van der Waals surface area (Å²) < 4.78 is 11.2. The van der Waals surface area contributed by atoms with Crippen LogP contribution in [0.5, 0.6) is 5.75 Å². The molecule has 0 saturated carbocycles. The number of nitrogens with one attached hydrogen (secondary N) is 1. The Morgan fingerprint density at radius 2 is 1.74 bits per heavy atom. The van der Waals surface area contributed by atoms with Crippen molar-refractivity contribution in [3.8, 4) is 5.75 Å². The molecule has 1 aliphatic heterocycles. The van der Waals surface area contributed by atoms with E-state index in [4.69, 9.17) is 21.7 Å². The zero-order chi connectivity index (χ0) is 20.2. The number of methoxy groups -OCH3 is 1. The maximum atomic E-state index is 12.4. The molecule has 0 bridgehead atoms. The average molecular weight is 458 g/mol. The fourth-order valence-corrected chi connectivity index (χ4v) is 3.29. The first-order valence-electron chi connectivity index (χ1n) is 8.52. The Labute approximate surface area is 173 Å². The van der Waals surface area contributed by atoms with E-state index in [9.17, 15) is 9.59 Å². The normalized spacial score (nSPS) is 14.6. The summed E-state index contributed by atoms with van der Waals surface area (Å²) >= 11 is 8.71. The summed E-state index contributed by atoms with van der Waals surface area (Å²) in [6, 6.07) is 5.06. The first kappa shape index (κ1) is 21.4. The molecule has 0 spiro atoms. The molecule has 1 aromatic carbocycles. The topological polar surface area (TPSA) is 71.1 Å². The van der Waals surface area contributed by atoms with Gasteiger partial charge in [-0.15, -0.1) is 0 Å². The molecule has 1 aromatic rings. The second kappa shape index (κ2) is 8.88. The van der Waals surface area contributed by atoms with Gasteiger partial charge < -0.3 is 19.3 Å². The van der Waals surface area contributed by atoms with Crippen molar-refractivity contribution < 1.29 is 19.1 Å². The number of hydrogen-bond acceptors (Lipinski definition) is 5. The van der Waals surface area contributed by atoms with E-state index in [2.05, 4.69) is 21.2 Å². The Kier molecular flexibility index (Phi) is 7.05. The Hall–Kier alpha value is -1.87. The van der Waals surface area contributed by atoms with Gasteiger partial charge >= 0.3 is 6.09 Å². The van der Waals surface area contributed by atoms with Gasteiger partial charge in [0.15, 0.2) is 5.11 Å². The van der Waals surface area contributed by atoms with Crippen LogP contribution in [-0.4, -0.2) is 65.8 Å². The number of carbonyl (C=O) groups is 2. The predicted molar refractivity (Wildman–Crippen MR) is 110 cm³/mol. The Morgan fingerprint density at radius 1 is 1.15 bits per heavy atom. The van der Waals surface area contributed by atoms with Crippen molar-refractivity contribution in [2.45, 2.75) is 26.4 Å². The quantitative estimate of drug-likeness (QED) is 0.688. The van der Waals surface area contributed by atoms with E-state index in [0.29, 0.717) is 47.1 Å². The SMILES string of the molecule is COc1ccc(C(=O)NC(=S)N2CCN(C(=O)OC(C)(C)C)CC2)cc1Br. The lowest BCUT2D eigenvalue weighted by molar-refractivity contribution is 0.0186. The van der Waals surface area contributed by atoms with Crippen LogP contribution >= 0.6 is 28.1 Å². The van der Waals surface area contributed by atoms with Gasteiger partial charge in [0.05, 0.1) is 11.6 Å². The van der Waals surface area contributed by atoms with E-state index in [1.54, 1.807) is 30.2 Å². The van der Waals surface area contributed by atoms with Gasteiger partial charge in [0.1, 0.15) is 11.4 Å². The van der Waals surface area contributed by atoms with Gasteiger partial charge in [0, 0.05) is 31.7 Å². The molecule has 1 saturated heterocycles. The molecule has 0 aromatic heterocycles. The van der Waals surface area contributed by atoms with Crippen molar-refractivity contribution in [1.82, 2.24) is 15.1 Å². The molecular weight excluding hydrogens is 434 g/mol. The number of thiocarbonyl (C=S) groups is 1. The highest BCUT2D eigenvalue weighted by Crippen LogP contribution is 2.25. The maximum absolute atomic E-state index is 12.4. The number of nitrogens with zero attached hydrogens (tertiary/aromatic N) is 2. The van der Waals surface area contributed by atoms with E-state index < -0.39 is 5.60 Å². The molecule has 148 valence electrons. The van der Waals surface area contributed by atoms with Crippen molar-refractivity contribution in [3.63, 3.8) is 0 Å². The van der Waals surface area contributed by atoms with Crippen LogP contribution in [0.15, 0.2) is 22.7 Å². The molecule has 2 amide bonds. The minimum Gasteiger partial charge on any atom is -0.496 e. The number of halogens is 1. The Morgan fingerprint density at radius 3 is 2.26 bits per heavy atom. The molecule has 0 radical (unpaired) electrons. The minimum absolute atomic E-state index is 0.294. The van der Waals surface area contributed by atoms with Crippen LogP contribution in [0.4, 0.5) is 4.79 Å². The molecule has 1 aliphatic rings. The average Bonchev–Trinajstić information content (AvgIpc) is 2.60. The molecule has 0 unspecified atom stereocenters. The summed E-state index contributed by atoms with van der Waals surface area (Å²) in [6.45, 7) is 7.54. The molecule has 7 nitrogen and oxygen atoms in total. The predicted octanol–water partition coefficient (Wildman–Crippen LogP) is 3.03. The van der Waals surface area contributed by atoms with Crippen molar-refractivity contribution in [2.24, 2.45) is 0 Å². The Balaban J connectivity index is 1.88. The smallest absolute Gasteiger partial charge is 0.410 e. The van der Waals surface area contributed by atoms with E-state index in [1.165, 1.54) is 0 Å². The first-order chi connectivity index (χ1) is 12.6. The summed E-state index contributed by atoms with van der Waals surface area (Å²) in [5.41, 5.74) is -0.0538. The van der Waals surface area contributed by atoms with E-state index in [0.717, 1.165) is 0 Å². The lowest BCUT2D eigenvalue weighted by Crippen LogP contribution is -2.54. The lowest BCUT2D eigenvalue weighted by Gasteiger charge is -2.36. The van der Waals surface area contributed by atoms with Crippen molar-refractivity contribution >= 4 is 45.3 Å². The van der Waals surface area contributed by atoms with Gasteiger partial charge in [0.2, 0.25) is 0 Å². The van der Waals surface area contributed by atoms with E-state index >= 15 is 0 Å². The second-order valence-electron chi connectivity index (χ2n) is 7.06. The molecule has 0 atom stereocenters. The summed E-state index contributed by atoms with van der Waals surface area (Å²) in [7, 11) is 1.56. The molecule has 2 rings (SSSR count). The molecule has 1 fully saturated rings. The number of piperazine rings is 1. The minimum atomic E-state index is -0.524. The number of amides is 2. The molecule has 27 heavy (non-hydrogen) atoms. The fraction of sp³-hybridized carbons (Fsp3) is 0.500. The van der Waals surface area contributed by atoms with E-state index in [-0.39, 0.29) is 12.0 Å². The van der Waals surface area contributed by atoms with Crippen LogP contribution in [0, 0.1) is 0 Å². The maximum Gasteiger partial charge on any atom is 0.410 e. The highest BCUT2D eigenvalue weighted by Gasteiger charge is 2.27. The summed E-state index contributed by atoms with van der Waals surface area (Å²) in [4.78, 5) is 28.0. The van der Waals surface area contributed by atoms with Crippen LogP contribution in [0.25, 0.3) is 0 Å². The Bertz CT molecular complexity index is 728. The van der Waals surface area contributed by atoms with Gasteiger partial charge in [-0.1, -0.05) is 0 Å². The largest absolute Gasteiger partial charge is 0.496 e. The zero-order valence-electron chi connectivity index (χ0n) is 15.9. The van der Waals surface area contributed by atoms with Crippen LogP contribution < -0.4 is 10.1 Å². The van der Waals surface area contributed by atoms with Gasteiger partial charge in [-0.25, -0.2) is 4.79 Å². The zero-order valence-corrected chi connectivity index (χ0v) is 18.3. The highest BCUT2D eigenvalue weighted by molar-refractivity contribution is 9.10. The fourth-order valence-electron chi connectivity index (χ4n) is 2.47.